The van der Waals surface area contributed by atoms with E-state index in [9.17, 15) is 4.79 Å². The second-order valence-corrected chi connectivity index (χ2v) is 4.62. The number of amides is 1. The molecule has 2 rings (SSSR count). The summed E-state index contributed by atoms with van der Waals surface area (Å²) < 4.78 is 5.40. The fraction of sp³-hybridized carbons (Fsp3) is 0.188. The minimum Gasteiger partial charge on any atom is -0.484 e. The van der Waals surface area contributed by atoms with E-state index >= 15 is 0 Å². The highest BCUT2D eigenvalue weighted by molar-refractivity contribution is 5.96. The molecule has 3 N–H and O–H groups in total. The summed E-state index contributed by atoms with van der Waals surface area (Å²) in [7, 11) is 0. The number of anilines is 2. The Balaban J connectivity index is 2.00. The van der Waals surface area contributed by atoms with Gasteiger partial charge in [-0.1, -0.05) is 24.3 Å². The number of nitrogens with two attached hydrogens (primary N) is 1. The molecule has 0 aromatic heterocycles. The smallest absolute Gasteiger partial charge is 0.262 e. The molecule has 2 aromatic carbocycles. The zero-order chi connectivity index (χ0) is 14.5. The fourth-order valence-electron chi connectivity index (χ4n) is 1.84. The van der Waals surface area contributed by atoms with E-state index in [0.29, 0.717) is 17.1 Å². The molecule has 0 aliphatic heterocycles. The highest BCUT2D eigenvalue weighted by Gasteiger charge is 2.10. The van der Waals surface area contributed by atoms with E-state index in [1.165, 1.54) is 0 Å². The number of hydrogen-bond donors (Lipinski definition) is 2. The molecule has 0 saturated heterocycles. The van der Waals surface area contributed by atoms with Crippen molar-refractivity contribution in [3.05, 3.63) is 53.6 Å². The molecule has 0 radical (unpaired) electrons. The summed E-state index contributed by atoms with van der Waals surface area (Å²) >= 11 is 0. The van der Waals surface area contributed by atoms with Gasteiger partial charge in [0.2, 0.25) is 0 Å². The number of carbonyl (C=O) groups excluding carboxylic acids is 1. The zero-order valence-corrected chi connectivity index (χ0v) is 11.6. The molecule has 0 aliphatic rings. The number of aryl methyl sites for hydroxylation is 1. The van der Waals surface area contributed by atoms with E-state index in [4.69, 9.17) is 10.5 Å². The summed E-state index contributed by atoms with van der Waals surface area (Å²) in [6, 6.07) is 12.9. The summed E-state index contributed by atoms with van der Waals surface area (Å²) in [6.45, 7) is 3.86. The molecule has 0 saturated carbocycles. The van der Waals surface area contributed by atoms with Crippen LogP contribution in [0.4, 0.5) is 11.4 Å². The molecule has 0 heterocycles. The Hall–Kier alpha value is -2.49. The third kappa shape index (κ3) is 3.29. The number of rotatable bonds is 4. The van der Waals surface area contributed by atoms with Crippen LogP contribution in [0.25, 0.3) is 0 Å². The van der Waals surface area contributed by atoms with Crippen molar-refractivity contribution in [3.8, 4) is 5.75 Å². The molecule has 0 unspecified atom stereocenters. The number of nitrogen functional groups attached to an aromatic ring is 1. The van der Waals surface area contributed by atoms with Crippen molar-refractivity contribution in [2.24, 2.45) is 0 Å². The van der Waals surface area contributed by atoms with Crippen LogP contribution in [-0.4, -0.2) is 12.5 Å². The van der Waals surface area contributed by atoms with Crippen molar-refractivity contribution in [2.45, 2.75) is 13.8 Å². The maximum absolute atomic E-state index is 11.9. The molecule has 4 nitrogen and oxygen atoms in total. The van der Waals surface area contributed by atoms with Gasteiger partial charge in [-0.2, -0.15) is 0 Å². The second-order valence-electron chi connectivity index (χ2n) is 4.62. The molecule has 0 aliphatic carbocycles. The van der Waals surface area contributed by atoms with Gasteiger partial charge in [0.25, 0.3) is 5.91 Å². The van der Waals surface area contributed by atoms with Gasteiger partial charge in [0.15, 0.2) is 6.61 Å². The molecule has 1 amide bonds. The summed E-state index contributed by atoms with van der Waals surface area (Å²) in [4.78, 5) is 11.9. The van der Waals surface area contributed by atoms with Gasteiger partial charge in [0.05, 0.1) is 11.4 Å². The van der Waals surface area contributed by atoms with Gasteiger partial charge in [-0.25, -0.2) is 0 Å². The topological polar surface area (TPSA) is 64.3 Å². The summed E-state index contributed by atoms with van der Waals surface area (Å²) in [5.41, 5.74) is 9.16. The van der Waals surface area contributed by atoms with Crippen molar-refractivity contribution in [3.63, 3.8) is 0 Å². The number of hydrogen-bond acceptors (Lipinski definition) is 3. The monoisotopic (exact) mass is 270 g/mol. The van der Waals surface area contributed by atoms with E-state index in [1.807, 2.05) is 38.1 Å². The van der Waals surface area contributed by atoms with Gasteiger partial charge < -0.3 is 15.8 Å². The molecule has 4 heteroatoms. The summed E-state index contributed by atoms with van der Waals surface area (Å²) in [6.07, 6.45) is 0. The number of carbonyl (C=O) groups is 1. The first-order valence-electron chi connectivity index (χ1n) is 6.41. The van der Waals surface area contributed by atoms with Crippen molar-refractivity contribution >= 4 is 17.3 Å². The molecular weight excluding hydrogens is 252 g/mol. The molecule has 0 atom stereocenters. The maximum Gasteiger partial charge on any atom is 0.262 e. The predicted octanol–water partition coefficient (Wildman–Crippen LogP) is 2.90. The van der Waals surface area contributed by atoms with Gasteiger partial charge in [0.1, 0.15) is 5.75 Å². The highest BCUT2D eigenvalue weighted by Crippen LogP contribution is 2.25. The van der Waals surface area contributed by atoms with Gasteiger partial charge in [0, 0.05) is 0 Å². The van der Waals surface area contributed by atoms with E-state index < -0.39 is 0 Å². The Morgan fingerprint density at radius 2 is 1.85 bits per heavy atom. The van der Waals surface area contributed by atoms with Crippen LogP contribution >= 0.6 is 0 Å². The van der Waals surface area contributed by atoms with Crippen LogP contribution in [-0.2, 0) is 4.79 Å². The first-order chi connectivity index (χ1) is 9.58. The van der Waals surface area contributed by atoms with Crippen molar-refractivity contribution in [1.29, 1.82) is 0 Å². The molecule has 0 fully saturated rings. The van der Waals surface area contributed by atoms with Crippen LogP contribution < -0.4 is 15.8 Å². The predicted molar refractivity (Wildman–Crippen MR) is 80.9 cm³/mol. The Morgan fingerprint density at radius 1 is 1.15 bits per heavy atom. The largest absolute Gasteiger partial charge is 0.484 e. The number of benzene rings is 2. The van der Waals surface area contributed by atoms with Crippen molar-refractivity contribution in [1.82, 2.24) is 0 Å². The molecule has 2 aromatic rings. The highest BCUT2D eigenvalue weighted by atomic mass is 16.5. The van der Waals surface area contributed by atoms with Crippen LogP contribution in [0.3, 0.4) is 0 Å². The SMILES string of the molecule is Cc1ccc(N)c(NC(=O)COc2ccccc2)c1C. The standard InChI is InChI=1S/C16H18N2O2/c1-11-8-9-14(17)16(12(11)2)18-15(19)10-20-13-6-4-3-5-7-13/h3-9H,10,17H2,1-2H3,(H,18,19). The lowest BCUT2D eigenvalue weighted by molar-refractivity contribution is -0.118. The lowest BCUT2D eigenvalue weighted by atomic mass is 10.1. The maximum atomic E-state index is 11.9. The molecular formula is C16H18N2O2. The Kier molecular flexibility index (Phi) is 4.25. The average molecular weight is 270 g/mol. The Morgan fingerprint density at radius 3 is 2.55 bits per heavy atom. The van der Waals surface area contributed by atoms with E-state index in [1.54, 1.807) is 18.2 Å². The minimum atomic E-state index is -0.228. The van der Waals surface area contributed by atoms with E-state index in [-0.39, 0.29) is 12.5 Å². The van der Waals surface area contributed by atoms with Crippen LogP contribution in [0.2, 0.25) is 0 Å². The number of ether oxygens (including phenoxy) is 1. The summed E-state index contributed by atoms with van der Waals surface area (Å²) in [5.74, 6) is 0.436. The van der Waals surface area contributed by atoms with E-state index in [0.717, 1.165) is 11.1 Å². The average Bonchev–Trinajstić information content (AvgIpc) is 2.46. The second kappa shape index (κ2) is 6.10. The zero-order valence-electron chi connectivity index (χ0n) is 11.6. The van der Waals surface area contributed by atoms with Crippen LogP contribution in [0.15, 0.2) is 42.5 Å². The number of para-hydroxylation sites is 1. The van der Waals surface area contributed by atoms with Gasteiger partial charge >= 0.3 is 0 Å². The van der Waals surface area contributed by atoms with Gasteiger partial charge in [-0.3, -0.25) is 4.79 Å². The van der Waals surface area contributed by atoms with Crippen LogP contribution in [0.5, 0.6) is 5.75 Å². The van der Waals surface area contributed by atoms with Gasteiger partial charge in [-0.15, -0.1) is 0 Å². The first kappa shape index (κ1) is 13.9. The lowest BCUT2D eigenvalue weighted by Gasteiger charge is -2.13. The van der Waals surface area contributed by atoms with Crippen LogP contribution in [0, 0.1) is 13.8 Å². The normalized spacial score (nSPS) is 10.1. The fourth-order valence-corrected chi connectivity index (χ4v) is 1.84. The lowest BCUT2D eigenvalue weighted by Crippen LogP contribution is -2.21. The Labute approximate surface area is 118 Å². The third-order valence-corrected chi connectivity index (χ3v) is 3.15. The van der Waals surface area contributed by atoms with Crippen molar-refractivity contribution in [2.75, 3.05) is 17.7 Å². The number of nitrogens with one attached hydrogen (secondary N) is 1. The van der Waals surface area contributed by atoms with Gasteiger partial charge in [-0.05, 0) is 43.2 Å². The Bertz CT molecular complexity index is 609. The quantitative estimate of drug-likeness (QED) is 0.840. The molecule has 104 valence electrons. The summed E-state index contributed by atoms with van der Waals surface area (Å²) in [5, 5.41) is 2.80. The third-order valence-electron chi connectivity index (χ3n) is 3.15. The molecule has 0 spiro atoms. The first-order valence-corrected chi connectivity index (χ1v) is 6.41. The molecule has 20 heavy (non-hydrogen) atoms. The molecule has 0 bridgehead atoms. The minimum absolute atomic E-state index is 0.0448. The van der Waals surface area contributed by atoms with E-state index in [2.05, 4.69) is 5.32 Å². The van der Waals surface area contributed by atoms with Crippen molar-refractivity contribution < 1.29 is 9.53 Å². The van der Waals surface area contributed by atoms with Crippen LogP contribution in [0.1, 0.15) is 11.1 Å².